The molecule has 1 aliphatic rings. The van der Waals surface area contributed by atoms with Crippen LogP contribution in [0.4, 0.5) is 5.69 Å². The van der Waals surface area contributed by atoms with Crippen molar-refractivity contribution in [3.05, 3.63) is 29.8 Å². The van der Waals surface area contributed by atoms with Gasteiger partial charge in [0.25, 0.3) is 0 Å². The van der Waals surface area contributed by atoms with Crippen molar-refractivity contribution in [1.29, 1.82) is 0 Å². The molecule has 0 radical (unpaired) electrons. The summed E-state index contributed by atoms with van der Waals surface area (Å²) >= 11 is 0. The third kappa shape index (κ3) is 3.11. The van der Waals surface area contributed by atoms with Gasteiger partial charge in [-0.2, -0.15) is 0 Å². The summed E-state index contributed by atoms with van der Waals surface area (Å²) in [6.45, 7) is 8.44. The Labute approximate surface area is 118 Å². The molecule has 1 atom stereocenters. The molecule has 1 aliphatic carbocycles. The summed E-state index contributed by atoms with van der Waals surface area (Å²) in [6, 6.07) is 8.84. The molecular formula is C17H28N2. The van der Waals surface area contributed by atoms with Crippen molar-refractivity contribution in [2.75, 3.05) is 18.0 Å². The normalized spacial score (nSPS) is 18.7. The zero-order chi connectivity index (χ0) is 13.9. The van der Waals surface area contributed by atoms with Crippen LogP contribution in [0.5, 0.6) is 0 Å². The predicted octanol–water partition coefficient (Wildman–Crippen LogP) is 3.73. The molecule has 1 aromatic rings. The number of anilines is 1. The second-order valence-electron chi connectivity index (χ2n) is 6.28. The lowest BCUT2D eigenvalue weighted by Gasteiger charge is -2.45. The number of aryl methyl sites for hydroxylation is 1. The maximum Gasteiger partial charge on any atom is 0.0498 e. The van der Waals surface area contributed by atoms with Crippen molar-refractivity contribution < 1.29 is 0 Å². The highest BCUT2D eigenvalue weighted by Gasteiger charge is 2.34. The van der Waals surface area contributed by atoms with Gasteiger partial charge in [-0.05, 0) is 45.2 Å². The van der Waals surface area contributed by atoms with Gasteiger partial charge in [-0.3, -0.25) is 0 Å². The fraction of sp³-hybridized carbons (Fsp3) is 0.647. The first-order chi connectivity index (χ1) is 9.09. The molecule has 2 N–H and O–H groups in total. The minimum atomic E-state index is 0.0924. The summed E-state index contributed by atoms with van der Waals surface area (Å²) in [5.41, 5.74) is 8.85. The summed E-state index contributed by atoms with van der Waals surface area (Å²) in [4.78, 5) is 2.49. The van der Waals surface area contributed by atoms with Crippen molar-refractivity contribution in [2.45, 2.75) is 52.0 Å². The molecule has 1 unspecified atom stereocenters. The molecule has 0 aromatic heterocycles. The lowest BCUT2D eigenvalue weighted by molar-refractivity contribution is 0.229. The molecule has 2 nitrogen and oxygen atoms in total. The van der Waals surface area contributed by atoms with E-state index in [1.165, 1.54) is 36.9 Å². The Morgan fingerprint density at radius 2 is 1.89 bits per heavy atom. The smallest absolute Gasteiger partial charge is 0.0498 e. The van der Waals surface area contributed by atoms with Gasteiger partial charge in [-0.25, -0.2) is 0 Å². The molecular weight excluding hydrogens is 232 g/mol. The van der Waals surface area contributed by atoms with Crippen molar-refractivity contribution in [3.8, 4) is 0 Å². The number of nitrogens with two attached hydrogens (primary N) is 1. The number of rotatable bonds is 6. The Balaban J connectivity index is 2.18. The maximum absolute atomic E-state index is 6.14. The first kappa shape index (κ1) is 14.4. The van der Waals surface area contributed by atoms with E-state index in [4.69, 9.17) is 5.73 Å². The SMILES string of the molecule is CCN(c1ccc(C)cc1)C(C)(CN)CC1CCC1. The zero-order valence-electron chi connectivity index (χ0n) is 12.7. The van der Waals surface area contributed by atoms with E-state index in [0.29, 0.717) is 0 Å². The summed E-state index contributed by atoms with van der Waals surface area (Å²) in [5.74, 6) is 0.882. The van der Waals surface area contributed by atoms with Gasteiger partial charge in [-0.1, -0.05) is 37.0 Å². The monoisotopic (exact) mass is 260 g/mol. The Bertz CT molecular complexity index is 394. The average Bonchev–Trinajstić information content (AvgIpc) is 2.37. The molecule has 2 heteroatoms. The highest BCUT2D eigenvalue weighted by atomic mass is 15.2. The molecule has 1 fully saturated rings. The number of nitrogens with zero attached hydrogens (tertiary/aromatic N) is 1. The van der Waals surface area contributed by atoms with Crippen LogP contribution < -0.4 is 10.6 Å². The van der Waals surface area contributed by atoms with Crippen molar-refractivity contribution in [3.63, 3.8) is 0 Å². The fourth-order valence-electron chi connectivity index (χ4n) is 3.22. The quantitative estimate of drug-likeness (QED) is 0.844. The van der Waals surface area contributed by atoms with Crippen LogP contribution in [0.15, 0.2) is 24.3 Å². The van der Waals surface area contributed by atoms with Gasteiger partial charge in [0.1, 0.15) is 0 Å². The first-order valence-corrected chi connectivity index (χ1v) is 7.63. The topological polar surface area (TPSA) is 29.3 Å². The van der Waals surface area contributed by atoms with Crippen LogP contribution in [0.2, 0.25) is 0 Å². The van der Waals surface area contributed by atoms with Crippen LogP contribution in [0.3, 0.4) is 0 Å². The minimum absolute atomic E-state index is 0.0924. The van der Waals surface area contributed by atoms with Gasteiger partial charge < -0.3 is 10.6 Å². The molecule has 0 amide bonds. The van der Waals surface area contributed by atoms with Crippen LogP contribution in [0.1, 0.15) is 45.1 Å². The average molecular weight is 260 g/mol. The number of hydrogen-bond donors (Lipinski definition) is 1. The third-order valence-electron chi connectivity index (χ3n) is 4.71. The van der Waals surface area contributed by atoms with Crippen molar-refractivity contribution in [2.24, 2.45) is 11.7 Å². The minimum Gasteiger partial charge on any atom is -0.365 e. The number of benzene rings is 1. The van der Waals surface area contributed by atoms with E-state index < -0.39 is 0 Å². The molecule has 2 rings (SSSR count). The van der Waals surface area contributed by atoms with Gasteiger partial charge in [0, 0.05) is 24.3 Å². The molecule has 0 saturated heterocycles. The van der Waals surface area contributed by atoms with Gasteiger partial charge in [0.2, 0.25) is 0 Å². The van der Waals surface area contributed by atoms with Gasteiger partial charge in [0.15, 0.2) is 0 Å². The lowest BCUT2D eigenvalue weighted by Crippen LogP contribution is -2.53. The second kappa shape index (κ2) is 5.96. The first-order valence-electron chi connectivity index (χ1n) is 7.63. The molecule has 19 heavy (non-hydrogen) atoms. The van der Waals surface area contributed by atoms with Crippen LogP contribution in [-0.2, 0) is 0 Å². The van der Waals surface area contributed by atoms with Gasteiger partial charge in [0.05, 0.1) is 0 Å². The van der Waals surface area contributed by atoms with E-state index in [9.17, 15) is 0 Å². The Morgan fingerprint density at radius 1 is 1.26 bits per heavy atom. The van der Waals surface area contributed by atoms with E-state index in [0.717, 1.165) is 19.0 Å². The van der Waals surface area contributed by atoms with Gasteiger partial charge in [-0.15, -0.1) is 0 Å². The standard InChI is InChI=1S/C17H28N2/c1-4-19(16-10-8-14(2)9-11-16)17(3,13-18)12-15-6-5-7-15/h8-11,15H,4-7,12-13,18H2,1-3H3. The van der Waals surface area contributed by atoms with Crippen molar-refractivity contribution >= 4 is 5.69 Å². The molecule has 1 saturated carbocycles. The van der Waals surface area contributed by atoms with Crippen LogP contribution >= 0.6 is 0 Å². The largest absolute Gasteiger partial charge is 0.365 e. The fourth-order valence-corrected chi connectivity index (χ4v) is 3.22. The van der Waals surface area contributed by atoms with E-state index in [2.05, 4.69) is 49.9 Å². The zero-order valence-corrected chi connectivity index (χ0v) is 12.7. The lowest BCUT2D eigenvalue weighted by atomic mass is 9.75. The summed E-state index contributed by atoms with van der Waals surface area (Å²) in [7, 11) is 0. The number of likely N-dealkylation sites (N-methyl/N-ethyl adjacent to an activating group) is 1. The van der Waals surface area contributed by atoms with Crippen LogP contribution in [0.25, 0.3) is 0 Å². The van der Waals surface area contributed by atoms with Crippen molar-refractivity contribution in [1.82, 2.24) is 0 Å². The highest BCUT2D eigenvalue weighted by Crippen LogP contribution is 2.37. The molecule has 1 aromatic carbocycles. The van der Waals surface area contributed by atoms with E-state index in [1.54, 1.807) is 0 Å². The maximum atomic E-state index is 6.14. The highest BCUT2D eigenvalue weighted by molar-refractivity contribution is 5.50. The van der Waals surface area contributed by atoms with Crippen LogP contribution in [0, 0.1) is 12.8 Å². The molecule has 0 bridgehead atoms. The van der Waals surface area contributed by atoms with Gasteiger partial charge >= 0.3 is 0 Å². The molecule has 106 valence electrons. The molecule has 0 heterocycles. The third-order valence-corrected chi connectivity index (χ3v) is 4.71. The van der Waals surface area contributed by atoms with E-state index >= 15 is 0 Å². The van der Waals surface area contributed by atoms with E-state index in [-0.39, 0.29) is 5.54 Å². The second-order valence-corrected chi connectivity index (χ2v) is 6.28. The summed E-state index contributed by atoms with van der Waals surface area (Å²) < 4.78 is 0. The predicted molar refractivity (Wildman–Crippen MR) is 83.6 cm³/mol. The summed E-state index contributed by atoms with van der Waals surface area (Å²) in [6.07, 6.45) is 5.41. The molecule has 0 aliphatic heterocycles. The summed E-state index contributed by atoms with van der Waals surface area (Å²) in [5, 5.41) is 0. The molecule has 0 spiro atoms. The Morgan fingerprint density at radius 3 is 2.32 bits per heavy atom. The van der Waals surface area contributed by atoms with Crippen LogP contribution in [-0.4, -0.2) is 18.6 Å². The Kier molecular flexibility index (Phi) is 4.51. The Hall–Kier alpha value is -1.02. The number of hydrogen-bond acceptors (Lipinski definition) is 2. The van der Waals surface area contributed by atoms with E-state index in [1.807, 2.05) is 0 Å².